The molecule has 0 spiro atoms. The van der Waals surface area contributed by atoms with Crippen molar-refractivity contribution in [1.82, 2.24) is 40.0 Å². The van der Waals surface area contributed by atoms with Gasteiger partial charge >= 0.3 is 23.9 Å². The molecule has 6 aromatic rings. The molecular formula is C106H107ClF3N9O24S6. The Hall–Kier alpha value is -12.2. The number of esters is 4. The highest BCUT2D eigenvalue weighted by Crippen LogP contribution is 2.60. The lowest BCUT2D eigenvalue weighted by atomic mass is 9.53. The first-order valence-electron chi connectivity index (χ1n) is 49.4. The van der Waals surface area contributed by atoms with Crippen molar-refractivity contribution in [3.63, 3.8) is 0 Å². The largest absolute Gasteiger partial charge is 0.509 e. The lowest BCUT2D eigenvalue weighted by molar-refractivity contribution is -0.384. The van der Waals surface area contributed by atoms with Gasteiger partial charge in [-0.3, -0.25) is 48.5 Å². The Morgan fingerprint density at radius 3 is 0.832 bits per heavy atom. The first-order valence-corrected chi connectivity index (χ1v) is 56.1. The number of rotatable bonds is 19. The molecule has 43 heteroatoms. The molecule has 6 saturated heterocycles. The number of nitrogens with zero attached hydrogens (tertiary/aromatic N) is 7. The number of hydrogen-bond donors (Lipinski definition) is 8. The number of hydrogen-bond acceptors (Lipinski definition) is 30. The molecule has 6 aromatic carbocycles. The number of thioether (sulfide) groups is 6. The minimum atomic E-state index is -0.835. The Bertz CT molecular complexity index is 6550. The van der Waals surface area contributed by atoms with Crippen LogP contribution in [0, 0.1) is 63.1 Å². The molecule has 20 aliphatic rings. The minimum Gasteiger partial charge on any atom is -0.509 e. The summed E-state index contributed by atoms with van der Waals surface area (Å²) in [7, 11) is 0. The second kappa shape index (κ2) is 43.3. The maximum Gasteiger partial charge on any atom is 0.347 e. The number of nitrogens with one attached hydrogen (secondary N) is 2. The summed E-state index contributed by atoms with van der Waals surface area (Å²) in [4.78, 5) is 170. The Balaban J connectivity index is 0.000000113. The Labute approximate surface area is 884 Å². The predicted molar refractivity (Wildman–Crippen MR) is 548 cm³/mol. The maximum atomic E-state index is 13.3. The number of nitro benzene ring substituents is 1. The molecule has 12 aliphatic heterocycles. The zero-order valence-corrected chi connectivity index (χ0v) is 86.7. The quantitative estimate of drug-likeness (QED) is 0.0123. The molecule has 12 heterocycles. The van der Waals surface area contributed by atoms with Crippen LogP contribution in [0.25, 0.3) is 0 Å². The van der Waals surface area contributed by atoms with Crippen molar-refractivity contribution in [2.75, 3.05) is 60.9 Å². The van der Waals surface area contributed by atoms with E-state index in [2.05, 4.69) is 10.6 Å². The molecule has 8 saturated carbocycles. The monoisotopic (exact) mass is 2170 g/mol. The van der Waals surface area contributed by atoms with Gasteiger partial charge in [0, 0.05) is 68.3 Å². The molecule has 26 rings (SSSR count). The van der Waals surface area contributed by atoms with Crippen LogP contribution in [0.1, 0.15) is 170 Å². The Morgan fingerprint density at radius 1 is 0.349 bits per heavy atom. The van der Waals surface area contributed by atoms with Crippen molar-refractivity contribution in [2.24, 2.45) is 35.5 Å². The number of nitro groups is 1. The highest BCUT2D eigenvalue weighted by molar-refractivity contribution is 8.01. The summed E-state index contributed by atoms with van der Waals surface area (Å²) in [6.45, 7) is 7.04. The second-order valence-corrected chi connectivity index (χ2v) is 46.8. The van der Waals surface area contributed by atoms with Gasteiger partial charge in [0.1, 0.15) is 132 Å². The van der Waals surface area contributed by atoms with Crippen LogP contribution in [-0.2, 0) is 76.5 Å². The third kappa shape index (κ3) is 20.0. The van der Waals surface area contributed by atoms with E-state index < -0.39 is 117 Å². The van der Waals surface area contributed by atoms with Gasteiger partial charge < -0.3 is 89.6 Å². The van der Waals surface area contributed by atoms with Crippen LogP contribution in [0.4, 0.5) is 18.9 Å². The van der Waals surface area contributed by atoms with Crippen molar-refractivity contribution >= 4 is 159 Å². The fourth-order valence-electron chi connectivity index (χ4n) is 24.8. The first-order chi connectivity index (χ1) is 71.5. The number of aliphatic hydroxyl groups excluding tert-OH is 6. The first kappa shape index (κ1) is 105. The van der Waals surface area contributed by atoms with Crippen molar-refractivity contribution in [2.45, 2.75) is 184 Å². The molecular weight excluding hydrogens is 2070 g/mol. The molecule has 8 bridgehead atoms. The normalized spacial score (nSPS) is 29.9. The summed E-state index contributed by atoms with van der Waals surface area (Å²) in [5.74, 6) is -1.94. The van der Waals surface area contributed by atoms with Gasteiger partial charge in [-0.1, -0.05) is 103 Å². The number of aliphatic hydroxyl groups is 6. The van der Waals surface area contributed by atoms with E-state index in [0.717, 1.165) is 60.8 Å². The molecule has 8 aliphatic carbocycles. The van der Waals surface area contributed by atoms with Gasteiger partial charge in [0.05, 0.1) is 31.4 Å². The number of carbonyl (C=O) groups excluding carboxylic acids is 12. The number of carbonyl (C=O) groups is 12. The molecule has 8 amide bonds. The lowest BCUT2D eigenvalue weighted by Crippen LogP contribution is -2.60. The van der Waals surface area contributed by atoms with Crippen LogP contribution in [0.3, 0.4) is 0 Å². The number of benzene rings is 6. The average molecular weight is 2180 g/mol. The maximum absolute atomic E-state index is 13.3. The summed E-state index contributed by atoms with van der Waals surface area (Å²) < 4.78 is 58.9. The highest BCUT2D eigenvalue weighted by Gasteiger charge is 2.61. The van der Waals surface area contributed by atoms with E-state index in [0.29, 0.717) is 81.2 Å². The van der Waals surface area contributed by atoms with E-state index in [1.165, 1.54) is 155 Å². The summed E-state index contributed by atoms with van der Waals surface area (Å²) in [6.07, 6.45) is 13.8. The topological polar surface area (TPSA) is 450 Å². The number of ether oxygens (including phenoxy) is 4. The zero-order chi connectivity index (χ0) is 105. The van der Waals surface area contributed by atoms with Crippen molar-refractivity contribution < 1.29 is 125 Å². The Kier molecular flexibility index (Phi) is 30.6. The van der Waals surface area contributed by atoms with Crippen molar-refractivity contribution in [3.05, 3.63) is 286 Å². The van der Waals surface area contributed by atoms with Crippen LogP contribution in [0.2, 0.25) is 5.02 Å². The van der Waals surface area contributed by atoms with Gasteiger partial charge in [-0.2, -0.15) is 0 Å². The van der Waals surface area contributed by atoms with E-state index in [9.17, 15) is 111 Å². The van der Waals surface area contributed by atoms with Gasteiger partial charge in [-0.15, -0.1) is 70.6 Å². The minimum absolute atomic E-state index is 0.0213. The molecule has 12 atom stereocenters. The van der Waals surface area contributed by atoms with Crippen LogP contribution in [0.5, 0.6) is 0 Å². The number of fused-ring (bicyclic) bond motifs is 6. The van der Waals surface area contributed by atoms with Crippen LogP contribution >= 0.6 is 82.2 Å². The molecule has 784 valence electrons. The van der Waals surface area contributed by atoms with Crippen LogP contribution < -0.4 is 10.6 Å². The summed E-state index contributed by atoms with van der Waals surface area (Å²) >= 11 is 15.1. The lowest BCUT2D eigenvalue weighted by Gasteiger charge is -2.56. The number of amides is 8. The van der Waals surface area contributed by atoms with Gasteiger partial charge in [0.15, 0.2) is 22.3 Å². The summed E-state index contributed by atoms with van der Waals surface area (Å²) in [6, 6.07) is 38.1. The smallest absolute Gasteiger partial charge is 0.347 e. The predicted octanol–water partition coefficient (Wildman–Crippen LogP) is 16.1. The molecule has 14 fully saturated rings. The molecule has 149 heavy (non-hydrogen) atoms. The number of non-ortho nitro benzene ring substituents is 1. The van der Waals surface area contributed by atoms with Crippen LogP contribution in [0.15, 0.2) is 220 Å². The van der Waals surface area contributed by atoms with Crippen LogP contribution in [-0.4, -0.2) is 244 Å². The van der Waals surface area contributed by atoms with Crippen molar-refractivity contribution in [1.29, 1.82) is 0 Å². The van der Waals surface area contributed by atoms with E-state index in [1.54, 1.807) is 102 Å². The molecule has 8 N–H and O–H groups in total. The van der Waals surface area contributed by atoms with Gasteiger partial charge in [-0.05, 0) is 217 Å². The molecule has 6 unspecified atom stereocenters. The molecule has 33 nitrogen and oxygen atoms in total. The number of halogens is 4. The second-order valence-electron chi connectivity index (χ2n) is 39.7. The van der Waals surface area contributed by atoms with Gasteiger partial charge in [0.2, 0.25) is 0 Å². The molecule has 0 aromatic heterocycles. The third-order valence-corrected chi connectivity index (χ3v) is 38.7. The van der Waals surface area contributed by atoms with E-state index in [1.807, 2.05) is 60.7 Å². The standard InChI is InChI=1S/C23H25FN2O3S.C23H26N2O3S.C15H13ClFNO4S.C15H14FNO4S.C15H14N2O6S.C15H15NO4S/c24-16-3-1-15(2-4-16)22-26-17(11-30-22)19(27)18(21(26)29)20(28)25-23-8-12-5-13(9-23)7-14(6-12)10-23;26-19-17-12-29-22(16-4-2-1-3-5-16)25(17)21(28)18(19)20(27)24-23-9-13-6-14(10-23)8-15(7-13)11-23;1-2-22-15(21)11-12(19)10-6-23-14(18(10)13(11)20)8-4-3-7(17)5-9(8)16;1-2-21-15(20)11-12(18)10-7-22-14(17(10)13(11)19)8-3-5-9(16)6-4-8;1-2-23-15(20)11-12(18)10-7-24-14(16(10)13(11)19)8-3-5-9(6-4-8)17(21)22;1-2-20-15(19)11-12(17)10-8-21-14(16(10)13(11)18)9-6-4-3-5-7-9/h1-4,12-14,17,22,27H,5-11H2,(H,25,28);1-5,13-15,17,22,26H,6-12H2,(H,24,27);3-5,10,14,19H,2,6H2,1H3;3-6,10,14,18H,2,7H2,1H3;3-6,10,14,18H,2,7H2,1H3;3-7,10,14,17H,2,8H2,1H3/t12?,13?,14?,17?,22-,23?;13?,14?,15?,17?,22-,23?;4*10?,14-/m000000/s1. The van der Waals surface area contributed by atoms with Crippen molar-refractivity contribution in [3.8, 4) is 0 Å². The third-order valence-electron chi connectivity index (χ3n) is 30.4. The molecule has 0 radical (unpaired) electrons. The summed E-state index contributed by atoms with van der Waals surface area (Å²) in [5.41, 5.74) is 3.11. The average Bonchev–Trinajstić information content (AvgIpc) is 1.42. The van der Waals surface area contributed by atoms with Gasteiger partial charge in [-0.25, -0.2) is 32.3 Å². The van der Waals surface area contributed by atoms with Gasteiger partial charge in [0.25, 0.3) is 52.9 Å². The zero-order valence-electron chi connectivity index (χ0n) is 81.0. The van der Waals surface area contributed by atoms with E-state index >= 15 is 0 Å². The Morgan fingerprint density at radius 2 is 0.577 bits per heavy atom. The van der Waals surface area contributed by atoms with E-state index in [4.69, 9.17) is 30.5 Å². The van der Waals surface area contributed by atoms with E-state index in [-0.39, 0.29) is 161 Å². The fourth-order valence-corrected chi connectivity index (χ4v) is 33.8. The highest BCUT2D eigenvalue weighted by atomic mass is 35.5. The SMILES string of the molecule is CCOC(=O)C1=C(O)C2CS[C@@H](c3ccc(F)cc3)N2C1=O.CCOC(=O)C1=C(O)C2CS[C@@H](c3ccc(F)cc3Cl)N2C1=O.CCOC(=O)C1=C(O)C2CS[C@@H](c3ccc([N+](=O)[O-])cc3)N2C1=O.CCOC(=O)C1=C(O)C2CS[C@@H](c3ccccc3)N2C1=O.O=C(NC12CC3CC(CC(C3)C1)C2)C1=C(O)C2CS[C@@H](c3ccc(F)cc3)N2C1=O.O=C(NC12CC3CC(CC(C3)C1)C2)C1=C(O)C2CS[C@@H](c3ccccc3)N2C1=O. The fraction of sp³-hybridized carbons (Fsp3) is 0.434. The summed E-state index contributed by atoms with van der Waals surface area (Å²) in [5, 5.41) is 77.9.